The Morgan fingerprint density at radius 2 is 1.97 bits per heavy atom. The third kappa shape index (κ3) is 4.96. The van der Waals surface area contributed by atoms with Crippen LogP contribution < -0.4 is 10.6 Å². The Kier molecular flexibility index (Phi) is 6.23. The van der Waals surface area contributed by atoms with Crippen LogP contribution in [0.3, 0.4) is 0 Å². The molecule has 146 valence electrons. The monoisotopic (exact) mass is 427 g/mol. The quantitative estimate of drug-likeness (QED) is 0.479. The lowest BCUT2D eigenvalue weighted by molar-refractivity contribution is -0.137. The van der Waals surface area contributed by atoms with E-state index in [0.29, 0.717) is 32.6 Å². The maximum atomic E-state index is 12.5. The van der Waals surface area contributed by atoms with Crippen molar-refractivity contribution in [2.24, 2.45) is 0 Å². The highest BCUT2D eigenvalue weighted by Gasteiger charge is 2.29. The van der Waals surface area contributed by atoms with E-state index < -0.39 is 17.9 Å². The van der Waals surface area contributed by atoms with E-state index >= 15 is 0 Å². The average Bonchev–Trinajstić information content (AvgIpc) is 2.66. The van der Waals surface area contributed by atoms with Gasteiger partial charge in [-0.15, -0.1) is 0 Å². The third-order valence-corrected chi connectivity index (χ3v) is 4.78. The van der Waals surface area contributed by atoms with Crippen molar-refractivity contribution < 1.29 is 14.7 Å². The first-order valence-corrected chi connectivity index (χ1v) is 9.29. The van der Waals surface area contributed by atoms with Crippen LogP contribution in [0.5, 0.6) is 0 Å². The Balaban J connectivity index is 1.87. The summed E-state index contributed by atoms with van der Waals surface area (Å²) >= 11 is 12.3. The summed E-state index contributed by atoms with van der Waals surface area (Å²) in [6.07, 6.45) is 4.45. The minimum absolute atomic E-state index is 0.0923. The lowest BCUT2D eigenvalue weighted by Gasteiger charge is -2.27. The number of benzene rings is 2. The van der Waals surface area contributed by atoms with Crippen LogP contribution in [0.2, 0.25) is 10.0 Å². The lowest BCUT2D eigenvalue weighted by Crippen LogP contribution is -2.33. The van der Waals surface area contributed by atoms with Crippen LogP contribution in [-0.4, -0.2) is 23.0 Å². The van der Waals surface area contributed by atoms with Crippen molar-refractivity contribution in [1.82, 2.24) is 0 Å². The zero-order valence-corrected chi connectivity index (χ0v) is 16.5. The van der Waals surface area contributed by atoms with Crippen LogP contribution in [0.15, 0.2) is 48.6 Å². The zero-order valence-electron chi connectivity index (χ0n) is 14.9. The van der Waals surface area contributed by atoms with Gasteiger partial charge in [-0.25, -0.2) is 4.79 Å². The molecule has 0 radical (unpaired) electrons. The number of hydrogen-bond acceptors (Lipinski definition) is 4. The number of nitrogens with zero attached hydrogens (tertiary/aromatic N) is 1. The van der Waals surface area contributed by atoms with Gasteiger partial charge in [0, 0.05) is 40.5 Å². The molecule has 1 amide bonds. The lowest BCUT2D eigenvalue weighted by atomic mass is 9.92. The summed E-state index contributed by atoms with van der Waals surface area (Å²) in [5.41, 5.74) is 2.91. The minimum Gasteiger partial charge on any atom is -0.480 e. The Bertz CT molecular complexity index is 1070. The van der Waals surface area contributed by atoms with E-state index in [0.717, 1.165) is 5.56 Å². The number of anilines is 2. The molecule has 2 aromatic carbocycles. The fourth-order valence-corrected chi connectivity index (χ4v) is 3.62. The SMILES string of the molecule is N#CC=Cc1ccc(NC(=O)C=C2CC(C(=O)O)Nc3cc(Cl)cc(Cl)c32)cc1. The molecule has 3 rings (SSSR count). The fraction of sp³-hybridized carbons (Fsp3) is 0.0952. The number of amides is 1. The summed E-state index contributed by atoms with van der Waals surface area (Å²) in [5.74, 6) is -1.46. The van der Waals surface area contributed by atoms with Crippen molar-refractivity contribution in [2.75, 3.05) is 10.6 Å². The molecule has 29 heavy (non-hydrogen) atoms. The average molecular weight is 428 g/mol. The Hall–Kier alpha value is -3.27. The molecule has 2 aromatic rings. The molecule has 0 aliphatic carbocycles. The van der Waals surface area contributed by atoms with Crippen LogP contribution in [0.25, 0.3) is 11.6 Å². The predicted octanol–water partition coefficient (Wildman–Crippen LogP) is 4.82. The Labute approximate surface area is 177 Å². The van der Waals surface area contributed by atoms with Crippen LogP contribution in [0.4, 0.5) is 11.4 Å². The molecule has 1 atom stereocenters. The summed E-state index contributed by atoms with van der Waals surface area (Å²) in [5, 5.41) is 24.3. The molecule has 1 heterocycles. The van der Waals surface area contributed by atoms with Gasteiger partial charge in [-0.05, 0) is 41.5 Å². The van der Waals surface area contributed by atoms with E-state index in [1.807, 2.05) is 6.07 Å². The molecule has 1 unspecified atom stereocenters. The fourth-order valence-electron chi connectivity index (χ4n) is 3.00. The highest BCUT2D eigenvalue weighted by Crippen LogP contribution is 2.40. The van der Waals surface area contributed by atoms with Crippen molar-refractivity contribution >= 4 is 58.1 Å². The number of fused-ring (bicyclic) bond motifs is 1. The summed E-state index contributed by atoms with van der Waals surface area (Å²) < 4.78 is 0. The Morgan fingerprint density at radius 1 is 1.24 bits per heavy atom. The largest absolute Gasteiger partial charge is 0.480 e. The van der Waals surface area contributed by atoms with Crippen molar-refractivity contribution in [3.8, 4) is 6.07 Å². The number of nitriles is 1. The molecule has 0 saturated heterocycles. The maximum absolute atomic E-state index is 12.5. The molecular formula is C21H15Cl2N3O3. The van der Waals surface area contributed by atoms with Crippen molar-refractivity contribution in [2.45, 2.75) is 12.5 Å². The normalized spacial score (nSPS) is 16.7. The second-order valence-electron chi connectivity index (χ2n) is 6.29. The number of allylic oxidation sites excluding steroid dienone is 1. The van der Waals surface area contributed by atoms with Crippen molar-refractivity contribution in [3.63, 3.8) is 0 Å². The standard InChI is InChI=1S/C21H15Cl2N3O3/c22-14-10-16(23)20-13(8-18(21(28)29)26-17(20)11-14)9-19(27)25-15-5-3-12(4-6-15)2-1-7-24/h1-6,9-11,18,26H,8H2,(H,25,27)(H,28,29). The van der Waals surface area contributed by atoms with Gasteiger partial charge in [-0.2, -0.15) is 5.26 Å². The number of hydrogen-bond donors (Lipinski definition) is 3. The van der Waals surface area contributed by atoms with Gasteiger partial charge >= 0.3 is 5.97 Å². The number of carbonyl (C=O) groups excluding carboxylic acids is 1. The van der Waals surface area contributed by atoms with E-state index in [9.17, 15) is 14.7 Å². The number of rotatable bonds is 4. The van der Waals surface area contributed by atoms with E-state index in [-0.39, 0.29) is 6.42 Å². The zero-order chi connectivity index (χ0) is 21.0. The van der Waals surface area contributed by atoms with Crippen LogP contribution in [0.1, 0.15) is 17.5 Å². The third-order valence-electron chi connectivity index (χ3n) is 4.26. The van der Waals surface area contributed by atoms with Gasteiger partial charge in [0.25, 0.3) is 0 Å². The molecule has 0 aromatic heterocycles. The van der Waals surface area contributed by atoms with Crippen LogP contribution in [0, 0.1) is 11.3 Å². The van der Waals surface area contributed by atoms with Gasteiger partial charge in [0.05, 0.1) is 11.1 Å². The van der Waals surface area contributed by atoms with Crippen molar-refractivity contribution in [1.29, 1.82) is 5.26 Å². The predicted molar refractivity (Wildman–Crippen MR) is 114 cm³/mol. The van der Waals surface area contributed by atoms with Gasteiger partial charge in [-0.3, -0.25) is 4.79 Å². The van der Waals surface area contributed by atoms with E-state index in [1.54, 1.807) is 42.5 Å². The van der Waals surface area contributed by atoms with Gasteiger partial charge in [0.2, 0.25) is 5.91 Å². The highest BCUT2D eigenvalue weighted by atomic mass is 35.5. The summed E-state index contributed by atoms with van der Waals surface area (Å²) in [4.78, 5) is 24.0. The molecule has 1 aliphatic heterocycles. The molecular weight excluding hydrogens is 413 g/mol. The van der Waals surface area contributed by atoms with E-state index in [4.69, 9.17) is 28.5 Å². The van der Waals surface area contributed by atoms with Crippen molar-refractivity contribution in [3.05, 3.63) is 69.7 Å². The van der Waals surface area contributed by atoms with Gasteiger partial charge in [0.1, 0.15) is 6.04 Å². The smallest absolute Gasteiger partial charge is 0.326 e. The first kappa shape index (κ1) is 20.5. The maximum Gasteiger partial charge on any atom is 0.326 e. The first-order valence-electron chi connectivity index (χ1n) is 8.54. The van der Waals surface area contributed by atoms with Gasteiger partial charge in [-0.1, -0.05) is 35.3 Å². The molecule has 8 heteroatoms. The topological polar surface area (TPSA) is 102 Å². The molecule has 1 aliphatic rings. The molecule has 0 bridgehead atoms. The van der Waals surface area contributed by atoms with E-state index in [2.05, 4.69) is 10.6 Å². The molecule has 0 saturated carbocycles. The number of carbonyl (C=O) groups is 2. The molecule has 6 nitrogen and oxygen atoms in total. The number of aliphatic carboxylic acids is 1. The van der Waals surface area contributed by atoms with Crippen LogP contribution in [-0.2, 0) is 9.59 Å². The van der Waals surface area contributed by atoms with Gasteiger partial charge in [0.15, 0.2) is 0 Å². The molecule has 0 spiro atoms. The second kappa shape index (κ2) is 8.82. The van der Waals surface area contributed by atoms with Crippen LogP contribution >= 0.6 is 23.2 Å². The molecule has 0 fully saturated rings. The number of carboxylic acids is 1. The Morgan fingerprint density at radius 3 is 2.62 bits per heavy atom. The number of carboxylic acid groups (broad SMARTS) is 1. The number of halogens is 2. The summed E-state index contributed by atoms with van der Waals surface area (Å²) in [6.45, 7) is 0. The number of nitrogens with one attached hydrogen (secondary N) is 2. The summed E-state index contributed by atoms with van der Waals surface area (Å²) in [6, 6.07) is 11.1. The molecule has 3 N–H and O–H groups in total. The second-order valence-corrected chi connectivity index (χ2v) is 7.14. The first-order chi connectivity index (χ1) is 13.9. The van der Waals surface area contributed by atoms with E-state index in [1.165, 1.54) is 12.2 Å². The minimum atomic E-state index is -1.04. The highest BCUT2D eigenvalue weighted by molar-refractivity contribution is 6.36. The summed E-state index contributed by atoms with van der Waals surface area (Å²) in [7, 11) is 0. The van der Waals surface area contributed by atoms with Gasteiger partial charge < -0.3 is 15.7 Å².